The number of amides is 1. The number of hydrogen-bond acceptors (Lipinski definition) is 2. The molecule has 2 aromatic rings. The van der Waals surface area contributed by atoms with Crippen LogP contribution in [0.3, 0.4) is 0 Å². The lowest BCUT2D eigenvalue weighted by atomic mass is 10.1. The number of rotatable bonds is 6. The van der Waals surface area contributed by atoms with Crippen LogP contribution in [0, 0.1) is 0 Å². The van der Waals surface area contributed by atoms with Crippen molar-refractivity contribution in [2.24, 2.45) is 0 Å². The molecule has 5 heteroatoms. The van der Waals surface area contributed by atoms with E-state index in [2.05, 4.69) is 10.3 Å². The molecule has 1 aromatic carbocycles. The minimum Gasteiger partial charge on any atom is -0.481 e. The largest absolute Gasteiger partial charge is 0.481 e. The summed E-state index contributed by atoms with van der Waals surface area (Å²) in [4.78, 5) is 25.7. The Kier molecular flexibility index (Phi) is 4.40. The zero-order chi connectivity index (χ0) is 14.5. The number of aromatic amines is 1. The van der Waals surface area contributed by atoms with Gasteiger partial charge in [-0.25, -0.2) is 0 Å². The van der Waals surface area contributed by atoms with E-state index in [9.17, 15) is 9.59 Å². The minimum absolute atomic E-state index is 0.0458. The van der Waals surface area contributed by atoms with Crippen LogP contribution >= 0.6 is 0 Å². The van der Waals surface area contributed by atoms with Gasteiger partial charge in [-0.1, -0.05) is 18.2 Å². The van der Waals surface area contributed by atoms with Crippen LogP contribution in [0.1, 0.15) is 36.5 Å². The van der Waals surface area contributed by atoms with E-state index in [4.69, 9.17) is 5.11 Å². The third-order valence-electron chi connectivity index (χ3n) is 3.24. The van der Waals surface area contributed by atoms with Gasteiger partial charge in [-0.2, -0.15) is 0 Å². The molecule has 0 aliphatic carbocycles. The first-order valence-corrected chi connectivity index (χ1v) is 6.66. The van der Waals surface area contributed by atoms with Crippen molar-refractivity contribution >= 4 is 22.8 Å². The lowest BCUT2D eigenvalue weighted by Crippen LogP contribution is -2.32. The number of carbonyl (C=O) groups excluding carboxylic acids is 1. The Bertz CT molecular complexity index is 618. The van der Waals surface area contributed by atoms with Crippen LogP contribution in [0.15, 0.2) is 30.5 Å². The fourth-order valence-corrected chi connectivity index (χ4v) is 2.19. The molecule has 0 aliphatic rings. The second-order valence-corrected chi connectivity index (χ2v) is 4.91. The number of para-hydroxylation sites is 1. The molecule has 106 valence electrons. The van der Waals surface area contributed by atoms with Crippen molar-refractivity contribution in [3.8, 4) is 0 Å². The maximum absolute atomic E-state index is 12.2. The molecule has 5 nitrogen and oxygen atoms in total. The number of carbonyl (C=O) groups is 2. The molecular weight excluding hydrogens is 256 g/mol. The average molecular weight is 274 g/mol. The molecule has 1 amide bonds. The predicted molar refractivity (Wildman–Crippen MR) is 76.7 cm³/mol. The van der Waals surface area contributed by atoms with Gasteiger partial charge >= 0.3 is 5.97 Å². The van der Waals surface area contributed by atoms with Crippen molar-refractivity contribution in [1.82, 2.24) is 10.3 Å². The topological polar surface area (TPSA) is 82.2 Å². The Labute approximate surface area is 117 Å². The molecule has 2 rings (SSSR count). The molecule has 0 fully saturated rings. The Hall–Kier alpha value is -2.30. The smallest absolute Gasteiger partial charge is 0.303 e. The third-order valence-corrected chi connectivity index (χ3v) is 3.24. The van der Waals surface area contributed by atoms with Crippen molar-refractivity contribution < 1.29 is 14.7 Å². The Morgan fingerprint density at radius 1 is 1.35 bits per heavy atom. The fourth-order valence-electron chi connectivity index (χ4n) is 2.19. The maximum atomic E-state index is 12.2. The van der Waals surface area contributed by atoms with Gasteiger partial charge in [-0.15, -0.1) is 0 Å². The molecule has 1 unspecified atom stereocenters. The van der Waals surface area contributed by atoms with Crippen LogP contribution in [0.4, 0.5) is 0 Å². The highest BCUT2D eigenvalue weighted by molar-refractivity contribution is 6.06. The van der Waals surface area contributed by atoms with Gasteiger partial charge in [0, 0.05) is 29.6 Å². The van der Waals surface area contributed by atoms with Gasteiger partial charge in [0.15, 0.2) is 0 Å². The van der Waals surface area contributed by atoms with Crippen molar-refractivity contribution in [3.05, 3.63) is 36.0 Å². The second-order valence-electron chi connectivity index (χ2n) is 4.91. The number of aliphatic carboxylic acids is 1. The standard InChI is InChI=1S/C15H18N2O3/c1-10(5-4-8-14(18)19)17-15(20)12-9-16-13-7-3-2-6-11(12)13/h2-3,6-7,9-10,16H,4-5,8H2,1H3,(H,17,20)(H,18,19). The summed E-state index contributed by atoms with van der Waals surface area (Å²) in [5.74, 6) is -0.939. The van der Waals surface area contributed by atoms with Crippen molar-refractivity contribution in [1.29, 1.82) is 0 Å². The van der Waals surface area contributed by atoms with E-state index in [0.717, 1.165) is 10.9 Å². The number of nitrogens with one attached hydrogen (secondary N) is 2. The highest BCUT2D eigenvalue weighted by Crippen LogP contribution is 2.17. The number of H-pyrrole nitrogens is 1. The summed E-state index contributed by atoms with van der Waals surface area (Å²) in [6.07, 6.45) is 3.04. The molecule has 20 heavy (non-hydrogen) atoms. The van der Waals surface area contributed by atoms with Crippen molar-refractivity contribution in [2.45, 2.75) is 32.2 Å². The molecule has 0 bridgehead atoms. The van der Waals surface area contributed by atoms with Gasteiger partial charge < -0.3 is 15.4 Å². The van der Waals surface area contributed by atoms with Crippen molar-refractivity contribution in [2.75, 3.05) is 0 Å². The number of carboxylic acids is 1. The zero-order valence-electron chi connectivity index (χ0n) is 11.3. The average Bonchev–Trinajstić information content (AvgIpc) is 2.82. The van der Waals surface area contributed by atoms with Gasteiger partial charge in [0.2, 0.25) is 0 Å². The van der Waals surface area contributed by atoms with Gasteiger partial charge in [0.25, 0.3) is 5.91 Å². The third kappa shape index (κ3) is 3.38. The summed E-state index contributed by atoms with van der Waals surface area (Å²) in [5, 5.41) is 12.4. The summed E-state index contributed by atoms with van der Waals surface area (Å²) >= 11 is 0. The normalized spacial score (nSPS) is 12.2. The van der Waals surface area contributed by atoms with E-state index in [0.29, 0.717) is 18.4 Å². The predicted octanol–water partition coefficient (Wildman–Crippen LogP) is 2.54. The highest BCUT2D eigenvalue weighted by atomic mass is 16.4. The summed E-state index contributed by atoms with van der Waals surface area (Å²) in [7, 11) is 0. The lowest BCUT2D eigenvalue weighted by molar-refractivity contribution is -0.137. The van der Waals surface area contributed by atoms with Crippen LogP contribution in [0.2, 0.25) is 0 Å². The molecule has 0 saturated carbocycles. The Morgan fingerprint density at radius 3 is 2.85 bits per heavy atom. The number of fused-ring (bicyclic) bond motifs is 1. The van der Waals surface area contributed by atoms with E-state index < -0.39 is 5.97 Å². The van der Waals surface area contributed by atoms with Gasteiger partial charge in [-0.3, -0.25) is 9.59 Å². The Balaban J connectivity index is 1.96. The lowest BCUT2D eigenvalue weighted by Gasteiger charge is -2.12. The monoisotopic (exact) mass is 274 g/mol. The summed E-state index contributed by atoms with van der Waals surface area (Å²) in [6.45, 7) is 1.88. The number of carboxylic acid groups (broad SMARTS) is 1. The number of aromatic nitrogens is 1. The first-order valence-electron chi connectivity index (χ1n) is 6.66. The maximum Gasteiger partial charge on any atom is 0.303 e. The summed E-state index contributed by atoms with van der Waals surface area (Å²) in [6, 6.07) is 7.58. The molecule has 0 saturated heterocycles. The first-order chi connectivity index (χ1) is 9.58. The van der Waals surface area contributed by atoms with E-state index in [1.807, 2.05) is 31.2 Å². The van der Waals surface area contributed by atoms with E-state index >= 15 is 0 Å². The van der Waals surface area contributed by atoms with Gasteiger partial charge in [0.05, 0.1) is 5.56 Å². The van der Waals surface area contributed by atoms with Crippen LogP contribution < -0.4 is 5.32 Å². The molecular formula is C15H18N2O3. The quantitative estimate of drug-likeness (QED) is 0.757. The minimum atomic E-state index is -0.805. The molecule has 3 N–H and O–H groups in total. The SMILES string of the molecule is CC(CCCC(=O)O)NC(=O)c1c[nH]c2ccccc12. The highest BCUT2D eigenvalue weighted by Gasteiger charge is 2.14. The van der Waals surface area contributed by atoms with E-state index in [1.165, 1.54) is 0 Å². The Morgan fingerprint density at radius 2 is 2.10 bits per heavy atom. The molecule has 1 aromatic heterocycles. The number of hydrogen-bond donors (Lipinski definition) is 3. The fraction of sp³-hybridized carbons (Fsp3) is 0.333. The van der Waals surface area contributed by atoms with E-state index in [1.54, 1.807) is 6.20 Å². The second kappa shape index (κ2) is 6.23. The molecule has 1 heterocycles. The number of benzene rings is 1. The van der Waals surface area contributed by atoms with Crippen LogP contribution in [-0.2, 0) is 4.79 Å². The van der Waals surface area contributed by atoms with Crippen LogP contribution in [-0.4, -0.2) is 28.0 Å². The van der Waals surface area contributed by atoms with Gasteiger partial charge in [0.1, 0.15) is 0 Å². The first kappa shape index (κ1) is 14.1. The van der Waals surface area contributed by atoms with Gasteiger partial charge in [-0.05, 0) is 25.8 Å². The van der Waals surface area contributed by atoms with Crippen molar-refractivity contribution in [3.63, 3.8) is 0 Å². The molecule has 0 spiro atoms. The van der Waals surface area contributed by atoms with E-state index in [-0.39, 0.29) is 18.4 Å². The molecule has 0 aliphatic heterocycles. The zero-order valence-corrected chi connectivity index (χ0v) is 11.3. The van der Waals surface area contributed by atoms with Crippen LogP contribution in [0.5, 0.6) is 0 Å². The molecule has 1 atom stereocenters. The summed E-state index contributed by atoms with van der Waals surface area (Å²) in [5.41, 5.74) is 1.54. The van der Waals surface area contributed by atoms with Crippen LogP contribution in [0.25, 0.3) is 10.9 Å². The molecule has 0 radical (unpaired) electrons. The summed E-state index contributed by atoms with van der Waals surface area (Å²) < 4.78 is 0.